The van der Waals surface area contributed by atoms with Crippen LogP contribution in [0.4, 0.5) is 5.82 Å². The van der Waals surface area contributed by atoms with E-state index in [2.05, 4.69) is 70.4 Å². The fraction of sp³-hybridized carbons (Fsp3) is 0.700. The van der Waals surface area contributed by atoms with Gasteiger partial charge in [0.2, 0.25) is 0 Å². The zero-order valence-corrected chi connectivity index (χ0v) is 19.7. The molecule has 0 bridgehead atoms. The molecule has 0 radical (unpaired) electrons. The molecule has 0 unspecified atom stereocenters. The molecule has 0 spiro atoms. The summed E-state index contributed by atoms with van der Waals surface area (Å²) < 4.78 is 0. The van der Waals surface area contributed by atoms with Crippen molar-refractivity contribution in [3.8, 4) is 0 Å². The van der Waals surface area contributed by atoms with Crippen LogP contribution in [0.1, 0.15) is 39.2 Å². The number of aromatic nitrogens is 1. The first-order valence-electron chi connectivity index (χ1n) is 9.99. The SMILES string of the molecule is CCNC(=NCc1ccc(N2CCN(C)CC2)nc1)NCCCC(C)C.I. The van der Waals surface area contributed by atoms with Gasteiger partial charge < -0.3 is 20.4 Å². The largest absolute Gasteiger partial charge is 0.357 e. The molecule has 7 heteroatoms. The fourth-order valence-corrected chi connectivity index (χ4v) is 2.96. The monoisotopic (exact) mass is 488 g/mol. The lowest BCUT2D eigenvalue weighted by Gasteiger charge is -2.33. The predicted molar refractivity (Wildman–Crippen MR) is 126 cm³/mol. The maximum Gasteiger partial charge on any atom is 0.191 e. The minimum absolute atomic E-state index is 0. The summed E-state index contributed by atoms with van der Waals surface area (Å²) in [4.78, 5) is 14.0. The smallest absolute Gasteiger partial charge is 0.191 e. The number of guanidine groups is 1. The molecule has 2 N–H and O–H groups in total. The van der Waals surface area contributed by atoms with Crippen LogP contribution >= 0.6 is 24.0 Å². The first-order chi connectivity index (χ1) is 12.6. The molecule has 27 heavy (non-hydrogen) atoms. The highest BCUT2D eigenvalue weighted by Crippen LogP contribution is 2.14. The minimum Gasteiger partial charge on any atom is -0.357 e. The molecule has 6 nitrogen and oxygen atoms in total. The maximum absolute atomic E-state index is 4.69. The number of nitrogens with one attached hydrogen (secondary N) is 2. The minimum atomic E-state index is 0. The predicted octanol–water partition coefficient (Wildman–Crippen LogP) is 2.94. The lowest BCUT2D eigenvalue weighted by atomic mass is 10.1. The summed E-state index contributed by atoms with van der Waals surface area (Å²) in [6.45, 7) is 13.4. The third-order valence-electron chi connectivity index (χ3n) is 4.65. The molecular formula is C20H37IN6. The van der Waals surface area contributed by atoms with Gasteiger partial charge >= 0.3 is 0 Å². The third kappa shape index (κ3) is 9.10. The highest BCUT2D eigenvalue weighted by atomic mass is 127. The van der Waals surface area contributed by atoms with Crippen LogP contribution in [0.25, 0.3) is 0 Å². The maximum atomic E-state index is 4.69. The topological polar surface area (TPSA) is 55.8 Å². The average molecular weight is 488 g/mol. The molecule has 1 aromatic rings. The Morgan fingerprint density at radius 2 is 1.93 bits per heavy atom. The van der Waals surface area contributed by atoms with Crippen molar-refractivity contribution in [2.75, 3.05) is 51.2 Å². The molecule has 1 saturated heterocycles. The third-order valence-corrected chi connectivity index (χ3v) is 4.65. The molecule has 1 fully saturated rings. The molecule has 1 aromatic heterocycles. The van der Waals surface area contributed by atoms with Crippen LogP contribution in [0.15, 0.2) is 23.3 Å². The van der Waals surface area contributed by atoms with Gasteiger partial charge in [-0.05, 0) is 44.4 Å². The lowest BCUT2D eigenvalue weighted by Crippen LogP contribution is -2.44. The van der Waals surface area contributed by atoms with Crippen LogP contribution < -0.4 is 15.5 Å². The molecule has 0 aliphatic carbocycles. The van der Waals surface area contributed by atoms with E-state index >= 15 is 0 Å². The van der Waals surface area contributed by atoms with Crippen LogP contribution in [0.2, 0.25) is 0 Å². The number of hydrogen-bond donors (Lipinski definition) is 2. The number of nitrogens with zero attached hydrogens (tertiary/aromatic N) is 4. The molecular weight excluding hydrogens is 451 g/mol. The van der Waals surface area contributed by atoms with Crippen LogP contribution in [0, 0.1) is 5.92 Å². The number of pyridine rings is 1. The molecule has 0 amide bonds. The van der Waals surface area contributed by atoms with E-state index in [1.54, 1.807) is 0 Å². The van der Waals surface area contributed by atoms with Gasteiger partial charge in [0.05, 0.1) is 6.54 Å². The van der Waals surface area contributed by atoms with Crippen LogP contribution in [0.3, 0.4) is 0 Å². The van der Waals surface area contributed by atoms with Crippen molar-refractivity contribution < 1.29 is 0 Å². The summed E-state index contributed by atoms with van der Waals surface area (Å²) in [7, 11) is 2.17. The van der Waals surface area contributed by atoms with E-state index in [0.29, 0.717) is 6.54 Å². The molecule has 2 rings (SSSR count). The molecule has 0 atom stereocenters. The first-order valence-corrected chi connectivity index (χ1v) is 9.99. The van der Waals surface area contributed by atoms with E-state index in [1.165, 1.54) is 12.8 Å². The van der Waals surface area contributed by atoms with Gasteiger partial charge in [-0.25, -0.2) is 9.98 Å². The van der Waals surface area contributed by atoms with Crippen molar-refractivity contribution in [2.24, 2.45) is 10.9 Å². The zero-order chi connectivity index (χ0) is 18.8. The first kappa shape index (κ1) is 23.9. The molecule has 2 heterocycles. The van der Waals surface area contributed by atoms with E-state index < -0.39 is 0 Å². The Balaban J connectivity index is 0.00000364. The lowest BCUT2D eigenvalue weighted by molar-refractivity contribution is 0.312. The number of aliphatic imine (C=N–C) groups is 1. The number of piperazine rings is 1. The Hall–Kier alpha value is -1.09. The van der Waals surface area contributed by atoms with E-state index in [9.17, 15) is 0 Å². The Bertz CT molecular complexity index is 538. The summed E-state index contributed by atoms with van der Waals surface area (Å²) in [6, 6.07) is 4.27. The second-order valence-electron chi connectivity index (χ2n) is 7.47. The van der Waals surface area contributed by atoms with Crippen molar-refractivity contribution in [3.05, 3.63) is 23.9 Å². The Labute approximate surface area is 182 Å². The van der Waals surface area contributed by atoms with Gasteiger partial charge in [0.15, 0.2) is 5.96 Å². The summed E-state index contributed by atoms with van der Waals surface area (Å²) in [5, 5.41) is 6.73. The highest BCUT2D eigenvalue weighted by Gasteiger charge is 2.14. The van der Waals surface area contributed by atoms with E-state index in [1.807, 2.05) is 6.20 Å². The number of likely N-dealkylation sites (N-methyl/N-ethyl adjacent to an activating group) is 1. The van der Waals surface area contributed by atoms with Gasteiger partial charge in [0.1, 0.15) is 5.82 Å². The van der Waals surface area contributed by atoms with Crippen LogP contribution in [-0.4, -0.2) is 62.2 Å². The van der Waals surface area contributed by atoms with Gasteiger partial charge in [-0.3, -0.25) is 0 Å². The zero-order valence-electron chi connectivity index (χ0n) is 17.4. The number of halogens is 1. The summed E-state index contributed by atoms with van der Waals surface area (Å²) in [5.41, 5.74) is 1.14. The van der Waals surface area contributed by atoms with Crippen LogP contribution in [-0.2, 0) is 6.54 Å². The van der Waals surface area contributed by atoms with Gasteiger partial charge in [-0.2, -0.15) is 0 Å². The van der Waals surface area contributed by atoms with Crippen LogP contribution in [0.5, 0.6) is 0 Å². The van der Waals surface area contributed by atoms with Crippen molar-refractivity contribution in [3.63, 3.8) is 0 Å². The van der Waals surface area contributed by atoms with Crippen molar-refractivity contribution >= 4 is 35.8 Å². The van der Waals surface area contributed by atoms with E-state index in [-0.39, 0.29) is 24.0 Å². The van der Waals surface area contributed by atoms with Gasteiger partial charge in [0, 0.05) is 45.5 Å². The molecule has 0 aromatic carbocycles. The Kier molecular flexibility index (Phi) is 11.7. The number of rotatable bonds is 8. The Morgan fingerprint density at radius 3 is 2.52 bits per heavy atom. The number of anilines is 1. The normalized spacial score (nSPS) is 15.6. The number of hydrogen-bond acceptors (Lipinski definition) is 4. The molecule has 1 aliphatic heterocycles. The van der Waals surface area contributed by atoms with E-state index in [4.69, 9.17) is 0 Å². The summed E-state index contributed by atoms with van der Waals surface area (Å²) >= 11 is 0. The molecule has 0 saturated carbocycles. The average Bonchev–Trinajstić information content (AvgIpc) is 2.64. The highest BCUT2D eigenvalue weighted by molar-refractivity contribution is 14.0. The van der Waals surface area contributed by atoms with Crippen molar-refractivity contribution in [1.82, 2.24) is 20.5 Å². The van der Waals surface area contributed by atoms with Gasteiger partial charge in [-0.15, -0.1) is 24.0 Å². The second-order valence-corrected chi connectivity index (χ2v) is 7.47. The van der Waals surface area contributed by atoms with Gasteiger partial charge in [0.25, 0.3) is 0 Å². The quantitative estimate of drug-likeness (QED) is 0.255. The fourth-order valence-electron chi connectivity index (χ4n) is 2.96. The Morgan fingerprint density at radius 1 is 1.19 bits per heavy atom. The summed E-state index contributed by atoms with van der Waals surface area (Å²) in [5.74, 6) is 2.71. The molecule has 1 aliphatic rings. The standard InChI is InChI=1S/C20H36N6.HI/c1-5-21-20(22-10-6-7-17(2)3)24-16-18-8-9-19(23-15-18)26-13-11-25(4)12-14-26;/h8-9,15,17H,5-7,10-14,16H2,1-4H3,(H2,21,22,24);1H. The second kappa shape index (κ2) is 13.1. The van der Waals surface area contributed by atoms with Crippen molar-refractivity contribution in [2.45, 2.75) is 40.2 Å². The van der Waals surface area contributed by atoms with E-state index in [0.717, 1.165) is 62.5 Å². The van der Waals surface area contributed by atoms with Crippen molar-refractivity contribution in [1.29, 1.82) is 0 Å². The molecule has 154 valence electrons. The summed E-state index contributed by atoms with van der Waals surface area (Å²) in [6.07, 6.45) is 4.37. The van der Waals surface area contributed by atoms with Gasteiger partial charge in [-0.1, -0.05) is 19.9 Å².